The van der Waals surface area contributed by atoms with Gasteiger partial charge in [-0.05, 0) is 24.3 Å². The second kappa shape index (κ2) is 3.54. The Morgan fingerprint density at radius 1 is 1.14 bits per heavy atom. The van der Waals surface area contributed by atoms with Gasteiger partial charge in [-0.3, -0.25) is 4.98 Å². The van der Waals surface area contributed by atoms with Crippen molar-refractivity contribution < 1.29 is 8.78 Å². The van der Waals surface area contributed by atoms with E-state index < -0.39 is 11.6 Å². The average Bonchev–Trinajstić information content (AvgIpc) is 2.23. The van der Waals surface area contributed by atoms with Crippen LogP contribution in [-0.2, 0) is 0 Å². The summed E-state index contributed by atoms with van der Waals surface area (Å²) in [7, 11) is 0. The third-order valence-electron chi connectivity index (χ3n) is 1.86. The molecule has 0 N–H and O–H groups in total. The third-order valence-corrected chi connectivity index (χ3v) is 1.86. The Balaban J connectivity index is 2.57. The SMILES string of the molecule is Fc1ccc(F)c(-c2cc[c]nc2)c1. The van der Waals surface area contributed by atoms with E-state index in [1.54, 1.807) is 12.1 Å². The molecule has 1 aromatic carbocycles. The van der Waals surface area contributed by atoms with Gasteiger partial charge in [0.05, 0.1) is 6.20 Å². The van der Waals surface area contributed by atoms with E-state index in [1.807, 2.05) is 0 Å². The van der Waals surface area contributed by atoms with E-state index >= 15 is 0 Å². The normalized spacial score (nSPS) is 10.1. The second-order valence-electron chi connectivity index (χ2n) is 2.80. The van der Waals surface area contributed by atoms with Gasteiger partial charge in [-0.2, -0.15) is 0 Å². The van der Waals surface area contributed by atoms with E-state index in [9.17, 15) is 8.78 Å². The Kier molecular flexibility index (Phi) is 2.23. The van der Waals surface area contributed by atoms with Crippen molar-refractivity contribution in [1.29, 1.82) is 0 Å². The van der Waals surface area contributed by atoms with Crippen LogP contribution in [0.15, 0.2) is 36.5 Å². The van der Waals surface area contributed by atoms with Crippen molar-refractivity contribution >= 4 is 0 Å². The van der Waals surface area contributed by atoms with Crippen molar-refractivity contribution in [3.8, 4) is 11.1 Å². The zero-order valence-electron chi connectivity index (χ0n) is 7.17. The number of benzene rings is 1. The fraction of sp³-hybridized carbons (Fsp3) is 0. The molecule has 3 heteroatoms. The molecule has 69 valence electrons. The average molecular weight is 190 g/mol. The summed E-state index contributed by atoms with van der Waals surface area (Å²) in [6.07, 6.45) is 4.01. The number of rotatable bonds is 1. The van der Waals surface area contributed by atoms with Gasteiger partial charge in [-0.1, -0.05) is 6.07 Å². The predicted octanol–water partition coefficient (Wildman–Crippen LogP) is 2.83. The quantitative estimate of drug-likeness (QED) is 0.673. The molecule has 0 bridgehead atoms. The van der Waals surface area contributed by atoms with Crippen molar-refractivity contribution in [3.05, 3.63) is 54.4 Å². The van der Waals surface area contributed by atoms with Crippen molar-refractivity contribution in [2.75, 3.05) is 0 Å². The van der Waals surface area contributed by atoms with Gasteiger partial charge in [-0.15, -0.1) is 0 Å². The lowest BCUT2D eigenvalue weighted by Gasteiger charge is -2.01. The maximum Gasteiger partial charge on any atom is 0.131 e. The molecule has 1 aromatic heterocycles. The van der Waals surface area contributed by atoms with Crippen LogP contribution >= 0.6 is 0 Å². The van der Waals surface area contributed by atoms with Crippen molar-refractivity contribution in [2.45, 2.75) is 0 Å². The van der Waals surface area contributed by atoms with Gasteiger partial charge < -0.3 is 0 Å². The highest BCUT2D eigenvalue weighted by Crippen LogP contribution is 2.22. The maximum atomic E-state index is 13.3. The number of halogens is 2. The van der Waals surface area contributed by atoms with E-state index in [4.69, 9.17) is 0 Å². The molecule has 1 nitrogen and oxygen atoms in total. The van der Waals surface area contributed by atoms with E-state index in [2.05, 4.69) is 11.2 Å². The number of hydrogen-bond acceptors (Lipinski definition) is 1. The van der Waals surface area contributed by atoms with E-state index in [1.165, 1.54) is 6.20 Å². The molecule has 0 fully saturated rings. The molecule has 0 saturated heterocycles. The molecule has 1 radical (unpaired) electrons. The second-order valence-corrected chi connectivity index (χ2v) is 2.80. The molecule has 0 unspecified atom stereocenters. The zero-order chi connectivity index (χ0) is 9.97. The first kappa shape index (κ1) is 8.81. The molecule has 2 aromatic rings. The summed E-state index contributed by atoms with van der Waals surface area (Å²) >= 11 is 0. The van der Waals surface area contributed by atoms with Gasteiger partial charge in [0, 0.05) is 17.3 Å². The number of pyridine rings is 1. The van der Waals surface area contributed by atoms with Crippen molar-refractivity contribution in [1.82, 2.24) is 4.98 Å². The van der Waals surface area contributed by atoms with Crippen LogP contribution in [0.1, 0.15) is 0 Å². The first-order valence-electron chi connectivity index (χ1n) is 4.05. The maximum absolute atomic E-state index is 13.3. The summed E-state index contributed by atoms with van der Waals surface area (Å²) in [6, 6.07) is 6.51. The van der Waals surface area contributed by atoms with Crippen LogP contribution in [0.25, 0.3) is 11.1 Å². The van der Waals surface area contributed by atoms with E-state index in [0.29, 0.717) is 5.56 Å². The van der Waals surface area contributed by atoms with Gasteiger partial charge >= 0.3 is 0 Å². The number of hydrogen-bond donors (Lipinski definition) is 0. The molecule has 0 atom stereocenters. The van der Waals surface area contributed by atoms with Crippen LogP contribution in [0.4, 0.5) is 8.78 Å². The first-order valence-corrected chi connectivity index (χ1v) is 4.05. The van der Waals surface area contributed by atoms with Crippen molar-refractivity contribution in [2.24, 2.45) is 0 Å². The molecular formula is C11H6F2N. The summed E-state index contributed by atoms with van der Waals surface area (Å²) in [4.78, 5) is 3.72. The molecule has 0 aliphatic carbocycles. The number of aromatic nitrogens is 1. The highest BCUT2D eigenvalue weighted by molar-refractivity contribution is 5.62. The molecule has 0 amide bonds. The number of nitrogens with zero attached hydrogens (tertiary/aromatic N) is 1. The molecule has 1 heterocycles. The first-order chi connectivity index (χ1) is 6.77. The van der Waals surface area contributed by atoms with Gasteiger partial charge in [0.1, 0.15) is 11.6 Å². The lowest BCUT2D eigenvalue weighted by Crippen LogP contribution is -1.86. The zero-order valence-corrected chi connectivity index (χ0v) is 7.17. The molecule has 14 heavy (non-hydrogen) atoms. The van der Waals surface area contributed by atoms with Crippen LogP contribution in [-0.4, -0.2) is 4.98 Å². The van der Waals surface area contributed by atoms with Gasteiger partial charge in [0.25, 0.3) is 0 Å². The summed E-state index contributed by atoms with van der Waals surface area (Å²) in [5.74, 6) is -0.923. The standard InChI is InChI=1S/C11H6F2N/c12-9-3-4-11(13)10(6-9)8-2-1-5-14-7-8/h1-4,6-7H. The Hall–Kier alpha value is -1.77. The predicted molar refractivity (Wildman–Crippen MR) is 48.4 cm³/mol. The van der Waals surface area contributed by atoms with Crippen LogP contribution in [0.3, 0.4) is 0 Å². The minimum atomic E-state index is -0.464. The molecule has 0 aliphatic heterocycles. The van der Waals surface area contributed by atoms with Crippen LogP contribution in [0, 0.1) is 17.8 Å². The third kappa shape index (κ3) is 1.62. The summed E-state index contributed by atoms with van der Waals surface area (Å²) in [5, 5.41) is 0. The summed E-state index contributed by atoms with van der Waals surface area (Å²) in [6.45, 7) is 0. The minimum absolute atomic E-state index is 0.214. The fourth-order valence-electron chi connectivity index (χ4n) is 1.20. The lowest BCUT2D eigenvalue weighted by atomic mass is 10.1. The Morgan fingerprint density at radius 2 is 2.00 bits per heavy atom. The van der Waals surface area contributed by atoms with Crippen LogP contribution in [0.2, 0.25) is 0 Å². The van der Waals surface area contributed by atoms with E-state index in [-0.39, 0.29) is 5.56 Å². The van der Waals surface area contributed by atoms with Crippen LogP contribution in [0.5, 0.6) is 0 Å². The Labute approximate surface area is 80.0 Å². The van der Waals surface area contributed by atoms with Gasteiger partial charge in [-0.25, -0.2) is 8.78 Å². The summed E-state index contributed by atoms with van der Waals surface area (Å²) in [5.41, 5.74) is 0.757. The smallest absolute Gasteiger partial charge is 0.131 e. The van der Waals surface area contributed by atoms with Crippen molar-refractivity contribution in [3.63, 3.8) is 0 Å². The molecule has 0 saturated carbocycles. The highest BCUT2D eigenvalue weighted by Gasteiger charge is 2.05. The minimum Gasteiger partial charge on any atom is -0.254 e. The molecule has 0 spiro atoms. The van der Waals surface area contributed by atoms with Crippen LogP contribution < -0.4 is 0 Å². The molecule has 0 aliphatic rings. The fourth-order valence-corrected chi connectivity index (χ4v) is 1.20. The topological polar surface area (TPSA) is 12.9 Å². The van der Waals surface area contributed by atoms with Gasteiger partial charge in [0.2, 0.25) is 0 Å². The molecule has 2 rings (SSSR count). The van der Waals surface area contributed by atoms with Gasteiger partial charge in [0.15, 0.2) is 0 Å². The lowest BCUT2D eigenvalue weighted by molar-refractivity contribution is 0.603. The Morgan fingerprint density at radius 3 is 2.71 bits per heavy atom. The monoisotopic (exact) mass is 190 g/mol. The Bertz CT molecular complexity index is 440. The van der Waals surface area contributed by atoms with E-state index in [0.717, 1.165) is 18.2 Å². The highest BCUT2D eigenvalue weighted by atomic mass is 19.1. The molecular weight excluding hydrogens is 184 g/mol. The largest absolute Gasteiger partial charge is 0.254 e. The summed E-state index contributed by atoms with van der Waals surface area (Å²) < 4.78 is 26.1.